The Labute approximate surface area is 161 Å². The van der Waals surface area contributed by atoms with E-state index in [1.54, 1.807) is 13.0 Å². The topological polar surface area (TPSA) is 82.6 Å². The van der Waals surface area contributed by atoms with E-state index in [-0.39, 0.29) is 18.2 Å². The third-order valence-corrected chi connectivity index (χ3v) is 5.22. The van der Waals surface area contributed by atoms with Crippen molar-refractivity contribution in [1.29, 1.82) is 0 Å². The van der Waals surface area contributed by atoms with Gasteiger partial charge in [0.2, 0.25) is 0 Å². The molecule has 9 heteroatoms. The van der Waals surface area contributed by atoms with E-state index in [4.69, 9.17) is 0 Å². The molecule has 7 nitrogen and oxygen atoms in total. The Kier molecular flexibility index (Phi) is 4.92. The van der Waals surface area contributed by atoms with E-state index in [1.165, 1.54) is 18.6 Å². The standard InChI is InChI=1S/C19H23F2N7/c1-12-3-4-14(9-22-12)19(20,21)10-28-7-5-15(6-8-28)25-17-16-13(2)26-27-18(16)24-11-23-17/h3-4,9,11,15H,5-8,10H2,1-2H3,(H2,23,24,25,26,27). The summed E-state index contributed by atoms with van der Waals surface area (Å²) < 4.78 is 29.2. The van der Waals surface area contributed by atoms with Gasteiger partial charge in [-0.15, -0.1) is 0 Å². The van der Waals surface area contributed by atoms with Gasteiger partial charge in [-0.25, -0.2) is 9.97 Å². The zero-order chi connectivity index (χ0) is 19.7. The molecule has 1 fully saturated rings. The van der Waals surface area contributed by atoms with Crippen LogP contribution in [0.15, 0.2) is 24.7 Å². The molecule has 4 rings (SSSR count). The van der Waals surface area contributed by atoms with Crippen molar-refractivity contribution in [1.82, 2.24) is 30.0 Å². The molecule has 0 amide bonds. The smallest absolute Gasteiger partial charge is 0.287 e. The summed E-state index contributed by atoms with van der Waals surface area (Å²) in [6.45, 7) is 4.63. The number of hydrogen-bond donors (Lipinski definition) is 2. The number of nitrogens with one attached hydrogen (secondary N) is 2. The van der Waals surface area contributed by atoms with Crippen molar-refractivity contribution in [2.75, 3.05) is 25.0 Å². The molecular formula is C19H23F2N7. The largest absolute Gasteiger partial charge is 0.367 e. The first-order valence-corrected chi connectivity index (χ1v) is 9.38. The van der Waals surface area contributed by atoms with Crippen molar-refractivity contribution in [3.63, 3.8) is 0 Å². The van der Waals surface area contributed by atoms with Crippen molar-refractivity contribution >= 4 is 16.9 Å². The number of hydrogen-bond acceptors (Lipinski definition) is 6. The van der Waals surface area contributed by atoms with Gasteiger partial charge in [-0.2, -0.15) is 13.9 Å². The van der Waals surface area contributed by atoms with Gasteiger partial charge in [0.05, 0.1) is 11.9 Å². The van der Waals surface area contributed by atoms with Gasteiger partial charge in [0.15, 0.2) is 5.65 Å². The van der Waals surface area contributed by atoms with Gasteiger partial charge in [0, 0.05) is 42.3 Å². The molecule has 3 aromatic heterocycles. The number of pyridine rings is 1. The van der Waals surface area contributed by atoms with Gasteiger partial charge < -0.3 is 5.32 Å². The molecule has 1 aliphatic heterocycles. The van der Waals surface area contributed by atoms with Crippen LogP contribution in [0.5, 0.6) is 0 Å². The Balaban J connectivity index is 1.37. The predicted molar refractivity (Wildman–Crippen MR) is 102 cm³/mol. The third-order valence-electron chi connectivity index (χ3n) is 5.22. The predicted octanol–water partition coefficient (Wildman–Crippen LogP) is 3.03. The van der Waals surface area contributed by atoms with Crippen LogP contribution in [0.3, 0.4) is 0 Å². The van der Waals surface area contributed by atoms with Crippen molar-refractivity contribution in [3.05, 3.63) is 41.6 Å². The molecule has 0 atom stereocenters. The number of piperidine rings is 1. The molecule has 3 aromatic rings. The molecule has 1 aliphatic rings. The van der Waals surface area contributed by atoms with Crippen molar-refractivity contribution in [2.45, 2.75) is 38.7 Å². The third kappa shape index (κ3) is 3.80. The Hall–Kier alpha value is -2.68. The van der Waals surface area contributed by atoms with Crippen molar-refractivity contribution in [3.8, 4) is 0 Å². The fourth-order valence-corrected chi connectivity index (χ4v) is 3.59. The van der Waals surface area contributed by atoms with Crippen LogP contribution in [-0.4, -0.2) is 55.7 Å². The molecule has 0 aliphatic carbocycles. The maximum atomic E-state index is 14.6. The fraction of sp³-hybridized carbons (Fsp3) is 0.474. The molecule has 0 radical (unpaired) electrons. The first-order chi connectivity index (χ1) is 13.4. The summed E-state index contributed by atoms with van der Waals surface area (Å²) in [5.74, 6) is -2.17. The van der Waals surface area contributed by atoms with Crippen LogP contribution in [0.4, 0.5) is 14.6 Å². The highest BCUT2D eigenvalue weighted by atomic mass is 19.3. The molecule has 0 bridgehead atoms. The summed E-state index contributed by atoms with van der Waals surface area (Å²) >= 11 is 0. The number of rotatable bonds is 5. The minimum Gasteiger partial charge on any atom is -0.367 e. The normalized spacial score (nSPS) is 16.6. The first-order valence-electron chi connectivity index (χ1n) is 9.38. The van der Waals surface area contributed by atoms with Gasteiger partial charge in [-0.05, 0) is 38.8 Å². The number of fused-ring (bicyclic) bond motifs is 1. The summed E-state index contributed by atoms with van der Waals surface area (Å²) in [5.41, 5.74) is 2.23. The number of anilines is 1. The zero-order valence-corrected chi connectivity index (χ0v) is 15.9. The quantitative estimate of drug-likeness (QED) is 0.700. The van der Waals surface area contributed by atoms with E-state index in [2.05, 4.69) is 30.5 Å². The van der Waals surface area contributed by atoms with Crippen LogP contribution < -0.4 is 5.32 Å². The number of alkyl halides is 2. The van der Waals surface area contributed by atoms with Crippen LogP contribution in [0.1, 0.15) is 29.8 Å². The molecule has 2 N–H and O–H groups in total. The second-order valence-corrected chi connectivity index (χ2v) is 7.36. The number of aromatic amines is 1. The molecule has 0 saturated carbocycles. The Morgan fingerprint density at radius 2 is 1.96 bits per heavy atom. The molecule has 0 unspecified atom stereocenters. The monoisotopic (exact) mass is 387 g/mol. The average molecular weight is 387 g/mol. The van der Waals surface area contributed by atoms with E-state index in [0.717, 1.165) is 35.4 Å². The number of H-pyrrole nitrogens is 1. The molecule has 0 aromatic carbocycles. The minimum atomic E-state index is -2.91. The molecule has 28 heavy (non-hydrogen) atoms. The van der Waals surface area contributed by atoms with Crippen molar-refractivity contribution in [2.24, 2.45) is 0 Å². The zero-order valence-electron chi connectivity index (χ0n) is 15.9. The lowest BCUT2D eigenvalue weighted by Crippen LogP contribution is -2.43. The highest BCUT2D eigenvalue weighted by Crippen LogP contribution is 2.30. The van der Waals surface area contributed by atoms with Gasteiger partial charge in [-0.1, -0.05) is 0 Å². The van der Waals surface area contributed by atoms with Gasteiger partial charge >= 0.3 is 0 Å². The summed E-state index contributed by atoms with van der Waals surface area (Å²) in [6.07, 6.45) is 4.29. The Bertz CT molecular complexity index is 947. The van der Waals surface area contributed by atoms with Gasteiger partial charge in [-0.3, -0.25) is 15.0 Å². The van der Waals surface area contributed by atoms with Crippen LogP contribution >= 0.6 is 0 Å². The summed E-state index contributed by atoms with van der Waals surface area (Å²) in [5, 5.41) is 11.4. The summed E-state index contributed by atoms with van der Waals surface area (Å²) in [4.78, 5) is 14.3. The maximum Gasteiger partial charge on any atom is 0.287 e. The number of aromatic nitrogens is 5. The van der Waals surface area contributed by atoms with E-state index >= 15 is 0 Å². The van der Waals surface area contributed by atoms with E-state index < -0.39 is 5.92 Å². The second-order valence-electron chi connectivity index (χ2n) is 7.36. The van der Waals surface area contributed by atoms with Crippen LogP contribution in [0.25, 0.3) is 11.0 Å². The van der Waals surface area contributed by atoms with E-state index in [0.29, 0.717) is 18.7 Å². The highest BCUT2D eigenvalue weighted by molar-refractivity contribution is 5.88. The number of likely N-dealkylation sites (tertiary alicyclic amines) is 1. The summed E-state index contributed by atoms with van der Waals surface area (Å²) in [7, 11) is 0. The van der Waals surface area contributed by atoms with Crippen LogP contribution in [-0.2, 0) is 5.92 Å². The number of aryl methyl sites for hydroxylation is 2. The lowest BCUT2D eigenvalue weighted by molar-refractivity contribution is -0.0424. The highest BCUT2D eigenvalue weighted by Gasteiger charge is 2.35. The minimum absolute atomic E-state index is 0.0304. The molecule has 4 heterocycles. The second kappa shape index (κ2) is 7.38. The van der Waals surface area contributed by atoms with Crippen LogP contribution in [0.2, 0.25) is 0 Å². The van der Waals surface area contributed by atoms with Gasteiger partial charge in [0.1, 0.15) is 12.1 Å². The average Bonchev–Trinajstić information content (AvgIpc) is 3.06. The van der Waals surface area contributed by atoms with Crippen LogP contribution in [0, 0.1) is 13.8 Å². The first kappa shape index (κ1) is 18.7. The molecular weight excluding hydrogens is 364 g/mol. The molecule has 148 valence electrons. The number of nitrogens with zero attached hydrogens (tertiary/aromatic N) is 5. The lowest BCUT2D eigenvalue weighted by Gasteiger charge is -2.34. The van der Waals surface area contributed by atoms with E-state index in [1.807, 2.05) is 11.8 Å². The van der Waals surface area contributed by atoms with Gasteiger partial charge in [0.25, 0.3) is 5.92 Å². The Morgan fingerprint density at radius 3 is 2.68 bits per heavy atom. The molecule has 0 spiro atoms. The maximum absolute atomic E-state index is 14.6. The van der Waals surface area contributed by atoms with E-state index in [9.17, 15) is 8.78 Å². The van der Waals surface area contributed by atoms with Crippen molar-refractivity contribution < 1.29 is 8.78 Å². The Morgan fingerprint density at radius 1 is 1.18 bits per heavy atom. The lowest BCUT2D eigenvalue weighted by atomic mass is 10.0. The summed E-state index contributed by atoms with van der Waals surface area (Å²) in [6, 6.07) is 3.27. The SMILES string of the molecule is Cc1ccc(C(F)(F)CN2CCC(Nc3ncnc4n[nH]c(C)c34)CC2)cn1. The molecule has 1 saturated heterocycles. The number of halogens is 2. The fourth-order valence-electron chi connectivity index (χ4n) is 3.59.